The molecule has 0 unspecified atom stereocenters. The van der Waals surface area contributed by atoms with Gasteiger partial charge in [0.1, 0.15) is 5.01 Å². The molecular formula is C10H15NO2S2. The van der Waals surface area contributed by atoms with Crippen LogP contribution in [0.1, 0.15) is 24.5 Å². The van der Waals surface area contributed by atoms with Crippen LogP contribution in [0, 0.1) is 0 Å². The smallest absolute Gasteiger partial charge is 0.311 e. The van der Waals surface area contributed by atoms with Crippen molar-refractivity contribution < 1.29 is 9.53 Å². The fourth-order valence-corrected chi connectivity index (χ4v) is 2.55. The minimum Gasteiger partial charge on any atom is -0.469 e. The second kappa shape index (κ2) is 6.12. The number of thioether (sulfide) groups is 1. The number of ether oxygens (including phenoxy) is 1. The predicted octanol–water partition coefficient (Wildman–Crippen LogP) is 2.50. The Morgan fingerprint density at radius 3 is 3.00 bits per heavy atom. The molecule has 0 atom stereocenters. The lowest BCUT2D eigenvalue weighted by atomic mass is 10.3. The Hall–Kier alpha value is -0.550. The number of nitrogens with zero attached hydrogens (tertiary/aromatic N) is 1. The van der Waals surface area contributed by atoms with Crippen LogP contribution in [0.4, 0.5) is 0 Å². The van der Waals surface area contributed by atoms with E-state index in [0.29, 0.717) is 5.25 Å². The summed E-state index contributed by atoms with van der Waals surface area (Å²) in [6.45, 7) is 4.32. The van der Waals surface area contributed by atoms with Gasteiger partial charge < -0.3 is 4.74 Å². The number of hydrogen-bond acceptors (Lipinski definition) is 5. The fourth-order valence-electron chi connectivity index (χ4n) is 0.954. The van der Waals surface area contributed by atoms with Gasteiger partial charge in [0.05, 0.1) is 19.2 Å². The molecule has 5 heteroatoms. The zero-order chi connectivity index (χ0) is 11.3. The second-order valence-corrected chi connectivity index (χ2v) is 5.85. The summed E-state index contributed by atoms with van der Waals surface area (Å²) < 4.78 is 4.58. The van der Waals surface area contributed by atoms with E-state index in [1.807, 2.05) is 17.1 Å². The largest absolute Gasteiger partial charge is 0.469 e. The van der Waals surface area contributed by atoms with Crippen molar-refractivity contribution >= 4 is 29.1 Å². The van der Waals surface area contributed by atoms with Crippen LogP contribution < -0.4 is 0 Å². The maximum atomic E-state index is 11.0. The average Bonchev–Trinajstić information content (AvgIpc) is 2.62. The van der Waals surface area contributed by atoms with Gasteiger partial charge in [-0.1, -0.05) is 13.8 Å². The lowest BCUT2D eigenvalue weighted by Crippen LogP contribution is -2.04. The van der Waals surface area contributed by atoms with Crippen molar-refractivity contribution in [2.24, 2.45) is 0 Å². The standard InChI is InChI=1S/C10H15NO2S2/c1-7(2)14-6-9-11-8(5-15-9)4-10(12)13-3/h5,7H,4,6H2,1-3H3. The molecule has 0 aliphatic carbocycles. The molecule has 84 valence electrons. The quantitative estimate of drug-likeness (QED) is 0.747. The summed E-state index contributed by atoms with van der Waals surface area (Å²) in [5.74, 6) is 0.687. The number of hydrogen-bond donors (Lipinski definition) is 0. The highest BCUT2D eigenvalue weighted by Crippen LogP contribution is 2.20. The third kappa shape index (κ3) is 4.66. The first-order valence-corrected chi connectivity index (χ1v) is 6.66. The normalized spacial score (nSPS) is 10.7. The molecule has 0 amide bonds. The second-order valence-electron chi connectivity index (χ2n) is 3.35. The minimum atomic E-state index is -0.233. The average molecular weight is 245 g/mol. The first-order valence-electron chi connectivity index (χ1n) is 4.73. The van der Waals surface area contributed by atoms with E-state index in [2.05, 4.69) is 23.6 Å². The van der Waals surface area contributed by atoms with Gasteiger partial charge in [-0.2, -0.15) is 11.8 Å². The number of carbonyl (C=O) groups excluding carboxylic acids is 1. The van der Waals surface area contributed by atoms with Crippen molar-refractivity contribution in [3.63, 3.8) is 0 Å². The number of aromatic nitrogens is 1. The highest BCUT2D eigenvalue weighted by atomic mass is 32.2. The molecule has 15 heavy (non-hydrogen) atoms. The molecule has 1 aromatic rings. The lowest BCUT2D eigenvalue weighted by molar-refractivity contribution is -0.139. The van der Waals surface area contributed by atoms with Crippen LogP contribution in [-0.4, -0.2) is 23.3 Å². The molecule has 1 rings (SSSR count). The zero-order valence-electron chi connectivity index (χ0n) is 9.15. The van der Waals surface area contributed by atoms with Crippen molar-refractivity contribution in [3.8, 4) is 0 Å². The van der Waals surface area contributed by atoms with Crippen LogP contribution in [0.2, 0.25) is 0 Å². The molecule has 1 heterocycles. The van der Waals surface area contributed by atoms with Gasteiger partial charge in [-0.25, -0.2) is 4.98 Å². The highest BCUT2D eigenvalue weighted by Gasteiger charge is 2.07. The Kier molecular flexibility index (Phi) is 5.11. The summed E-state index contributed by atoms with van der Waals surface area (Å²) in [5.41, 5.74) is 0.811. The maximum absolute atomic E-state index is 11.0. The van der Waals surface area contributed by atoms with E-state index in [9.17, 15) is 4.79 Å². The van der Waals surface area contributed by atoms with Gasteiger partial charge in [-0.05, 0) is 5.25 Å². The SMILES string of the molecule is COC(=O)Cc1csc(CSC(C)C)n1. The molecule has 1 aromatic heterocycles. The van der Waals surface area contributed by atoms with Crippen LogP contribution in [0.5, 0.6) is 0 Å². The van der Waals surface area contributed by atoms with Gasteiger partial charge in [-0.15, -0.1) is 11.3 Å². The summed E-state index contributed by atoms with van der Waals surface area (Å²) in [7, 11) is 1.39. The molecule has 0 aliphatic rings. The highest BCUT2D eigenvalue weighted by molar-refractivity contribution is 7.99. The zero-order valence-corrected chi connectivity index (χ0v) is 10.8. The van der Waals surface area contributed by atoms with E-state index < -0.39 is 0 Å². The van der Waals surface area contributed by atoms with Gasteiger partial charge in [0.2, 0.25) is 0 Å². The van der Waals surface area contributed by atoms with Crippen LogP contribution in [0.15, 0.2) is 5.38 Å². The van der Waals surface area contributed by atoms with Crippen LogP contribution >= 0.6 is 23.1 Å². The lowest BCUT2D eigenvalue weighted by Gasteiger charge is -2.00. The number of methoxy groups -OCH3 is 1. The Bertz CT molecular complexity index is 323. The van der Waals surface area contributed by atoms with Gasteiger partial charge in [-0.3, -0.25) is 4.79 Å². The summed E-state index contributed by atoms with van der Waals surface area (Å²) in [5, 5.41) is 3.61. The third-order valence-corrected chi connectivity index (χ3v) is 3.88. The predicted molar refractivity (Wildman–Crippen MR) is 64.3 cm³/mol. The Balaban J connectivity index is 2.45. The Labute approximate surface area is 98.2 Å². The molecule has 0 N–H and O–H groups in total. The fraction of sp³-hybridized carbons (Fsp3) is 0.600. The monoisotopic (exact) mass is 245 g/mol. The van der Waals surface area contributed by atoms with E-state index in [0.717, 1.165) is 16.5 Å². The molecule has 0 aromatic carbocycles. The molecule has 0 spiro atoms. The molecule has 0 radical (unpaired) electrons. The van der Waals surface area contributed by atoms with Gasteiger partial charge >= 0.3 is 5.97 Å². The van der Waals surface area contributed by atoms with Crippen molar-refractivity contribution in [1.82, 2.24) is 4.98 Å². The van der Waals surface area contributed by atoms with Crippen molar-refractivity contribution in [3.05, 3.63) is 16.1 Å². The molecular weight excluding hydrogens is 230 g/mol. The number of carbonyl (C=O) groups is 1. The summed E-state index contributed by atoms with van der Waals surface area (Å²) in [6, 6.07) is 0. The number of esters is 1. The van der Waals surface area contributed by atoms with E-state index in [-0.39, 0.29) is 12.4 Å². The molecule has 0 bridgehead atoms. The van der Waals surface area contributed by atoms with Crippen molar-refractivity contribution in [1.29, 1.82) is 0 Å². The first kappa shape index (κ1) is 12.5. The van der Waals surface area contributed by atoms with Gasteiger partial charge in [0, 0.05) is 11.1 Å². The topological polar surface area (TPSA) is 39.2 Å². The molecule has 0 saturated heterocycles. The van der Waals surface area contributed by atoms with Gasteiger partial charge in [0.15, 0.2) is 0 Å². The number of rotatable bonds is 5. The molecule has 0 aliphatic heterocycles. The van der Waals surface area contributed by atoms with E-state index in [1.165, 1.54) is 7.11 Å². The van der Waals surface area contributed by atoms with Crippen LogP contribution in [-0.2, 0) is 21.7 Å². The Morgan fingerprint density at radius 1 is 1.67 bits per heavy atom. The van der Waals surface area contributed by atoms with E-state index >= 15 is 0 Å². The summed E-state index contributed by atoms with van der Waals surface area (Å²) in [6.07, 6.45) is 0.277. The Morgan fingerprint density at radius 2 is 2.40 bits per heavy atom. The molecule has 0 fully saturated rings. The van der Waals surface area contributed by atoms with E-state index in [1.54, 1.807) is 11.3 Å². The first-order chi connectivity index (χ1) is 7.11. The molecule has 3 nitrogen and oxygen atoms in total. The van der Waals surface area contributed by atoms with Gasteiger partial charge in [0.25, 0.3) is 0 Å². The third-order valence-electron chi connectivity index (χ3n) is 1.69. The summed E-state index contributed by atoms with van der Waals surface area (Å²) >= 11 is 3.46. The minimum absolute atomic E-state index is 0.233. The van der Waals surface area contributed by atoms with Crippen LogP contribution in [0.3, 0.4) is 0 Å². The van der Waals surface area contributed by atoms with Crippen molar-refractivity contribution in [2.75, 3.05) is 7.11 Å². The molecule has 0 saturated carbocycles. The summed E-state index contributed by atoms with van der Waals surface area (Å²) in [4.78, 5) is 15.4. The van der Waals surface area contributed by atoms with Crippen molar-refractivity contribution in [2.45, 2.75) is 31.3 Å². The number of thiazole rings is 1. The van der Waals surface area contributed by atoms with Crippen LogP contribution in [0.25, 0.3) is 0 Å². The van der Waals surface area contributed by atoms with E-state index in [4.69, 9.17) is 0 Å². The maximum Gasteiger partial charge on any atom is 0.311 e.